The van der Waals surface area contributed by atoms with Crippen LogP contribution >= 0.6 is 24.0 Å². The Labute approximate surface area is 189 Å². The molecule has 0 saturated carbocycles. The molecule has 1 unspecified atom stereocenters. The zero-order valence-corrected chi connectivity index (χ0v) is 18.9. The van der Waals surface area contributed by atoms with Gasteiger partial charge in [0.15, 0.2) is 5.96 Å². The Kier molecular flexibility index (Phi) is 9.73. The van der Waals surface area contributed by atoms with E-state index in [4.69, 9.17) is 4.42 Å². The SMILES string of the molecule is Cc1cccc(C(O)CNC(=NCc2ccccc2)NCCc2ccco2)c1.I. The molecule has 5 nitrogen and oxygen atoms in total. The molecule has 3 N–H and O–H groups in total. The van der Waals surface area contributed by atoms with Crippen LogP contribution in [0.1, 0.15) is 28.6 Å². The largest absolute Gasteiger partial charge is 0.469 e. The first-order valence-electron chi connectivity index (χ1n) is 9.54. The lowest BCUT2D eigenvalue weighted by molar-refractivity contribution is 0.180. The minimum atomic E-state index is -0.603. The van der Waals surface area contributed by atoms with Gasteiger partial charge in [-0.3, -0.25) is 0 Å². The number of aryl methyl sites for hydroxylation is 1. The Morgan fingerprint density at radius 2 is 1.86 bits per heavy atom. The summed E-state index contributed by atoms with van der Waals surface area (Å²) in [6.07, 6.45) is 1.84. The Morgan fingerprint density at radius 1 is 1.03 bits per heavy atom. The lowest BCUT2D eigenvalue weighted by Crippen LogP contribution is -2.40. The van der Waals surface area contributed by atoms with Gasteiger partial charge in [0.2, 0.25) is 0 Å². The number of nitrogens with one attached hydrogen (secondary N) is 2. The summed E-state index contributed by atoms with van der Waals surface area (Å²) in [7, 11) is 0. The highest BCUT2D eigenvalue weighted by Gasteiger charge is 2.09. The molecule has 1 atom stereocenters. The normalized spacial score (nSPS) is 12.1. The van der Waals surface area contributed by atoms with Crippen LogP contribution in [0.2, 0.25) is 0 Å². The fourth-order valence-corrected chi connectivity index (χ4v) is 2.88. The maximum absolute atomic E-state index is 10.5. The number of rotatable bonds is 8. The summed E-state index contributed by atoms with van der Waals surface area (Å²) in [5.41, 5.74) is 3.16. The van der Waals surface area contributed by atoms with Crippen molar-refractivity contribution in [2.45, 2.75) is 26.0 Å². The number of hydrogen-bond donors (Lipinski definition) is 3. The molecule has 0 radical (unpaired) electrons. The molecular weight excluding hydrogens is 477 g/mol. The van der Waals surface area contributed by atoms with Gasteiger partial charge in [0.1, 0.15) is 5.76 Å². The van der Waals surface area contributed by atoms with Gasteiger partial charge in [-0.05, 0) is 30.2 Å². The van der Waals surface area contributed by atoms with E-state index >= 15 is 0 Å². The fraction of sp³-hybridized carbons (Fsp3) is 0.261. The van der Waals surface area contributed by atoms with E-state index in [0.29, 0.717) is 25.6 Å². The third-order valence-electron chi connectivity index (χ3n) is 4.40. The Morgan fingerprint density at radius 3 is 2.59 bits per heavy atom. The smallest absolute Gasteiger partial charge is 0.191 e. The molecular formula is C23H28IN3O2. The minimum Gasteiger partial charge on any atom is -0.469 e. The molecule has 2 aromatic carbocycles. The molecule has 3 rings (SSSR count). The minimum absolute atomic E-state index is 0. The van der Waals surface area contributed by atoms with E-state index < -0.39 is 6.10 Å². The van der Waals surface area contributed by atoms with Crippen molar-refractivity contribution >= 4 is 29.9 Å². The molecule has 0 saturated heterocycles. The van der Waals surface area contributed by atoms with Gasteiger partial charge in [-0.1, -0.05) is 60.2 Å². The number of aliphatic hydroxyl groups excluding tert-OH is 1. The third kappa shape index (κ3) is 7.91. The summed E-state index contributed by atoms with van der Waals surface area (Å²) in [6, 6.07) is 21.8. The molecule has 0 aliphatic carbocycles. The van der Waals surface area contributed by atoms with E-state index in [1.54, 1.807) is 6.26 Å². The number of aliphatic hydroxyl groups is 1. The maximum atomic E-state index is 10.5. The van der Waals surface area contributed by atoms with Crippen molar-refractivity contribution in [3.8, 4) is 0 Å². The van der Waals surface area contributed by atoms with E-state index in [1.807, 2.05) is 73.7 Å². The molecule has 1 aromatic heterocycles. The van der Waals surface area contributed by atoms with E-state index in [9.17, 15) is 5.11 Å². The van der Waals surface area contributed by atoms with Crippen molar-refractivity contribution in [1.29, 1.82) is 0 Å². The van der Waals surface area contributed by atoms with E-state index in [0.717, 1.165) is 28.9 Å². The van der Waals surface area contributed by atoms with E-state index in [2.05, 4.69) is 15.6 Å². The lowest BCUT2D eigenvalue weighted by Gasteiger charge is -2.16. The maximum Gasteiger partial charge on any atom is 0.191 e. The number of hydrogen-bond acceptors (Lipinski definition) is 3. The summed E-state index contributed by atoms with van der Waals surface area (Å²) in [6.45, 7) is 3.66. The van der Waals surface area contributed by atoms with Crippen molar-refractivity contribution in [1.82, 2.24) is 10.6 Å². The van der Waals surface area contributed by atoms with Gasteiger partial charge < -0.3 is 20.2 Å². The average Bonchev–Trinajstić information content (AvgIpc) is 3.23. The Hall–Kier alpha value is -2.32. The number of furan rings is 1. The Bertz CT molecular complexity index is 867. The van der Waals surface area contributed by atoms with Gasteiger partial charge >= 0.3 is 0 Å². The summed E-state index contributed by atoms with van der Waals surface area (Å²) in [5, 5.41) is 17.1. The first-order chi connectivity index (χ1) is 13.7. The van der Waals surface area contributed by atoms with Crippen LogP contribution in [0.4, 0.5) is 0 Å². The van der Waals surface area contributed by atoms with Crippen LogP contribution in [0, 0.1) is 6.92 Å². The summed E-state index contributed by atoms with van der Waals surface area (Å²) in [5.74, 6) is 1.59. The zero-order valence-electron chi connectivity index (χ0n) is 16.5. The van der Waals surface area contributed by atoms with Crippen molar-refractivity contribution in [3.05, 3.63) is 95.4 Å². The van der Waals surface area contributed by atoms with Gasteiger partial charge in [-0.15, -0.1) is 24.0 Å². The molecule has 0 spiro atoms. The first-order valence-corrected chi connectivity index (χ1v) is 9.54. The van der Waals surface area contributed by atoms with Gasteiger partial charge in [-0.2, -0.15) is 0 Å². The number of aliphatic imine (C=N–C) groups is 1. The van der Waals surface area contributed by atoms with Crippen LogP contribution in [-0.2, 0) is 13.0 Å². The van der Waals surface area contributed by atoms with Crippen LogP contribution < -0.4 is 10.6 Å². The number of guanidine groups is 1. The van der Waals surface area contributed by atoms with Crippen LogP contribution in [0.25, 0.3) is 0 Å². The van der Waals surface area contributed by atoms with Gasteiger partial charge in [0.05, 0.1) is 18.9 Å². The van der Waals surface area contributed by atoms with Crippen molar-refractivity contribution in [2.24, 2.45) is 4.99 Å². The van der Waals surface area contributed by atoms with Gasteiger partial charge in [-0.25, -0.2) is 4.99 Å². The predicted molar refractivity (Wildman–Crippen MR) is 128 cm³/mol. The van der Waals surface area contributed by atoms with Crippen LogP contribution in [0.5, 0.6) is 0 Å². The molecule has 29 heavy (non-hydrogen) atoms. The monoisotopic (exact) mass is 505 g/mol. The summed E-state index contributed by atoms with van der Waals surface area (Å²) in [4.78, 5) is 4.65. The standard InChI is InChI=1S/C23H27N3O2.HI/c1-18-7-5-10-20(15-18)22(27)17-26-23(24-13-12-21-11-6-14-28-21)25-16-19-8-3-2-4-9-19;/h2-11,14-15,22,27H,12-13,16-17H2,1H3,(H2,24,25,26);1H. The Balaban J connectivity index is 0.00000300. The van der Waals surface area contributed by atoms with Crippen molar-refractivity contribution < 1.29 is 9.52 Å². The highest BCUT2D eigenvalue weighted by Crippen LogP contribution is 2.13. The van der Waals surface area contributed by atoms with E-state index in [-0.39, 0.29) is 24.0 Å². The second-order valence-corrected chi connectivity index (χ2v) is 6.72. The van der Waals surface area contributed by atoms with Gasteiger partial charge in [0, 0.05) is 19.5 Å². The molecule has 0 bridgehead atoms. The molecule has 0 fully saturated rings. The molecule has 154 valence electrons. The highest BCUT2D eigenvalue weighted by atomic mass is 127. The van der Waals surface area contributed by atoms with Crippen LogP contribution in [0.3, 0.4) is 0 Å². The number of nitrogens with zero attached hydrogens (tertiary/aromatic N) is 1. The number of benzene rings is 2. The first kappa shape index (κ1) is 23.0. The summed E-state index contributed by atoms with van der Waals surface area (Å²) >= 11 is 0. The molecule has 6 heteroatoms. The fourth-order valence-electron chi connectivity index (χ4n) is 2.88. The van der Waals surface area contributed by atoms with E-state index in [1.165, 1.54) is 0 Å². The van der Waals surface area contributed by atoms with Crippen LogP contribution in [-0.4, -0.2) is 24.2 Å². The van der Waals surface area contributed by atoms with Gasteiger partial charge in [0.25, 0.3) is 0 Å². The second-order valence-electron chi connectivity index (χ2n) is 6.72. The summed E-state index contributed by atoms with van der Waals surface area (Å²) < 4.78 is 5.37. The average molecular weight is 505 g/mol. The number of halogens is 1. The highest BCUT2D eigenvalue weighted by molar-refractivity contribution is 14.0. The van der Waals surface area contributed by atoms with Crippen LogP contribution in [0.15, 0.2) is 82.4 Å². The lowest BCUT2D eigenvalue weighted by atomic mass is 10.1. The molecule has 0 aliphatic heterocycles. The topological polar surface area (TPSA) is 69.8 Å². The molecule has 0 amide bonds. The second kappa shape index (κ2) is 12.3. The molecule has 0 aliphatic rings. The molecule has 3 aromatic rings. The molecule has 1 heterocycles. The quantitative estimate of drug-likeness (QED) is 0.244. The zero-order chi connectivity index (χ0) is 19.6. The van der Waals surface area contributed by atoms with Crippen molar-refractivity contribution in [2.75, 3.05) is 13.1 Å². The van der Waals surface area contributed by atoms with Crippen molar-refractivity contribution in [3.63, 3.8) is 0 Å². The third-order valence-corrected chi connectivity index (χ3v) is 4.40. The predicted octanol–water partition coefficient (Wildman–Crippen LogP) is 4.22.